The molecule has 21 heavy (non-hydrogen) atoms. The maximum atomic E-state index is 11.7. The number of nitrogens with one attached hydrogen (secondary N) is 1. The van der Waals surface area contributed by atoms with Crippen molar-refractivity contribution < 1.29 is 4.79 Å². The summed E-state index contributed by atoms with van der Waals surface area (Å²) in [6, 6.07) is 14.0. The van der Waals surface area contributed by atoms with Gasteiger partial charge in [-0.1, -0.05) is 18.2 Å². The molecule has 2 aromatic rings. The van der Waals surface area contributed by atoms with Crippen LogP contribution >= 0.6 is 0 Å². The fourth-order valence-electron chi connectivity index (χ4n) is 2.29. The van der Waals surface area contributed by atoms with Crippen LogP contribution in [0.25, 0.3) is 0 Å². The molecule has 4 heteroatoms. The second-order valence-electron chi connectivity index (χ2n) is 5.25. The van der Waals surface area contributed by atoms with Gasteiger partial charge >= 0.3 is 0 Å². The normalized spacial score (nSPS) is 13.8. The van der Waals surface area contributed by atoms with Crippen LogP contribution in [-0.4, -0.2) is 17.4 Å². The van der Waals surface area contributed by atoms with Crippen molar-refractivity contribution in [3.8, 4) is 0 Å². The van der Waals surface area contributed by atoms with Gasteiger partial charge in [-0.15, -0.1) is 0 Å². The molecule has 1 aliphatic rings. The predicted octanol–water partition coefficient (Wildman–Crippen LogP) is 3.59. The number of hydrogen-bond donors (Lipinski definition) is 1. The van der Waals surface area contributed by atoms with Gasteiger partial charge in [-0.25, -0.2) is 4.98 Å². The Bertz CT molecular complexity index is 606. The maximum Gasteiger partial charge on any atom is 0.227 e. The SMILES string of the molecule is CCN(c1ccccc1)c1ccc(NC(=O)C2CC2)cn1. The Morgan fingerprint density at radius 1 is 1.24 bits per heavy atom. The van der Waals surface area contributed by atoms with E-state index >= 15 is 0 Å². The second kappa shape index (κ2) is 5.95. The highest BCUT2D eigenvalue weighted by Crippen LogP contribution is 2.30. The molecule has 1 aliphatic carbocycles. The summed E-state index contributed by atoms with van der Waals surface area (Å²) in [6.45, 7) is 2.93. The van der Waals surface area contributed by atoms with E-state index in [2.05, 4.69) is 34.3 Å². The van der Waals surface area contributed by atoms with Crippen molar-refractivity contribution in [3.63, 3.8) is 0 Å². The van der Waals surface area contributed by atoms with Crippen LogP contribution in [0.3, 0.4) is 0 Å². The number of anilines is 3. The lowest BCUT2D eigenvalue weighted by atomic mass is 10.2. The fourth-order valence-corrected chi connectivity index (χ4v) is 2.29. The molecule has 0 saturated heterocycles. The van der Waals surface area contributed by atoms with Gasteiger partial charge in [-0.2, -0.15) is 0 Å². The van der Waals surface area contributed by atoms with E-state index in [0.717, 1.165) is 36.6 Å². The van der Waals surface area contributed by atoms with Crippen molar-refractivity contribution >= 4 is 23.1 Å². The Morgan fingerprint density at radius 3 is 2.57 bits per heavy atom. The van der Waals surface area contributed by atoms with Gasteiger partial charge in [-0.05, 0) is 44.0 Å². The van der Waals surface area contributed by atoms with E-state index in [1.807, 2.05) is 30.3 Å². The standard InChI is InChI=1S/C17H19N3O/c1-2-20(15-6-4-3-5-7-15)16-11-10-14(12-18-16)19-17(21)13-8-9-13/h3-7,10-13H,2,8-9H2,1H3,(H,19,21). The lowest BCUT2D eigenvalue weighted by Gasteiger charge is -2.22. The summed E-state index contributed by atoms with van der Waals surface area (Å²) >= 11 is 0. The number of benzene rings is 1. The van der Waals surface area contributed by atoms with E-state index in [4.69, 9.17) is 0 Å². The molecule has 0 bridgehead atoms. The molecule has 0 aliphatic heterocycles. The van der Waals surface area contributed by atoms with Gasteiger partial charge in [0, 0.05) is 18.2 Å². The van der Waals surface area contributed by atoms with E-state index in [1.165, 1.54) is 0 Å². The van der Waals surface area contributed by atoms with Crippen molar-refractivity contribution in [1.29, 1.82) is 0 Å². The number of carbonyl (C=O) groups is 1. The van der Waals surface area contributed by atoms with Crippen LogP contribution in [0.5, 0.6) is 0 Å². The minimum atomic E-state index is 0.111. The molecule has 1 aromatic carbocycles. The van der Waals surface area contributed by atoms with Crippen LogP contribution in [0, 0.1) is 5.92 Å². The average molecular weight is 281 g/mol. The molecule has 1 saturated carbocycles. The Hall–Kier alpha value is -2.36. The molecule has 0 radical (unpaired) electrons. The van der Waals surface area contributed by atoms with Crippen LogP contribution in [0.1, 0.15) is 19.8 Å². The van der Waals surface area contributed by atoms with Gasteiger partial charge in [-0.3, -0.25) is 4.79 Å². The molecule has 1 N–H and O–H groups in total. The molecule has 4 nitrogen and oxygen atoms in total. The number of pyridine rings is 1. The number of carbonyl (C=O) groups excluding carboxylic acids is 1. The van der Waals surface area contributed by atoms with Crippen LogP contribution < -0.4 is 10.2 Å². The quantitative estimate of drug-likeness (QED) is 0.911. The molecule has 1 aromatic heterocycles. The molecule has 108 valence electrons. The summed E-state index contributed by atoms with van der Waals surface area (Å²) in [5, 5.41) is 2.91. The maximum absolute atomic E-state index is 11.7. The van der Waals surface area contributed by atoms with Crippen molar-refractivity contribution in [1.82, 2.24) is 4.98 Å². The molecule has 1 fully saturated rings. The topological polar surface area (TPSA) is 45.2 Å². The third kappa shape index (κ3) is 3.21. The number of para-hydroxylation sites is 1. The second-order valence-corrected chi connectivity index (χ2v) is 5.25. The molecule has 1 heterocycles. The largest absolute Gasteiger partial charge is 0.327 e. The zero-order valence-electron chi connectivity index (χ0n) is 12.1. The highest BCUT2D eigenvalue weighted by atomic mass is 16.2. The van der Waals surface area contributed by atoms with Crippen LogP contribution in [0.4, 0.5) is 17.2 Å². The monoisotopic (exact) mass is 281 g/mol. The van der Waals surface area contributed by atoms with Crippen LogP contribution in [0.15, 0.2) is 48.7 Å². The lowest BCUT2D eigenvalue weighted by Crippen LogP contribution is -2.18. The fraction of sp³-hybridized carbons (Fsp3) is 0.294. The third-order valence-corrected chi connectivity index (χ3v) is 3.62. The molecule has 0 unspecified atom stereocenters. The minimum Gasteiger partial charge on any atom is -0.327 e. The summed E-state index contributed by atoms with van der Waals surface area (Å²) in [5.74, 6) is 1.20. The van der Waals surface area contributed by atoms with Gasteiger partial charge in [0.1, 0.15) is 5.82 Å². The number of amides is 1. The highest BCUT2D eigenvalue weighted by Gasteiger charge is 2.29. The van der Waals surface area contributed by atoms with E-state index in [1.54, 1.807) is 6.20 Å². The molecule has 0 spiro atoms. The van der Waals surface area contributed by atoms with Gasteiger partial charge in [0.05, 0.1) is 11.9 Å². The molecule has 1 amide bonds. The summed E-state index contributed by atoms with van der Waals surface area (Å²) in [6.07, 6.45) is 3.74. The first-order valence-corrected chi connectivity index (χ1v) is 7.37. The van der Waals surface area contributed by atoms with Crippen LogP contribution in [-0.2, 0) is 4.79 Å². The van der Waals surface area contributed by atoms with Gasteiger partial charge < -0.3 is 10.2 Å². The summed E-state index contributed by atoms with van der Waals surface area (Å²) < 4.78 is 0. The zero-order valence-corrected chi connectivity index (χ0v) is 12.1. The highest BCUT2D eigenvalue weighted by molar-refractivity contribution is 5.93. The predicted molar refractivity (Wildman–Crippen MR) is 84.7 cm³/mol. The Labute approximate surface area is 124 Å². The molecule has 0 atom stereocenters. The first kappa shape index (κ1) is 13.6. The zero-order chi connectivity index (χ0) is 14.7. The summed E-state index contributed by atoms with van der Waals surface area (Å²) in [4.78, 5) is 18.3. The minimum absolute atomic E-state index is 0.111. The van der Waals surface area contributed by atoms with E-state index < -0.39 is 0 Å². The Morgan fingerprint density at radius 2 is 2.00 bits per heavy atom. The summed E-state index contributed by atoms with van der Waals surface area (Å²) in [5.41, 5.74) is 1.88. The molecule has 3 rings (SSSR count). The van der Waals surface area contributed by atoms with E-state index in [-0.39, 0.29) is 11.8 Å². The van der Waals surface area contributed by atoms with Crippen molar-refractivity contribution in [2.24, 2.45) is 5.92 Å². The lowest BCUT2D eigenvalue weighted by molar-refractivity contribution is -0.117. The average Bonchev–Trinajstić information content (AvgIpc) is 3.36. The smallest absolute Gasteiger partial charge is 0.227 e. The number of nitrogens with zero attached hydrogens (tertiary/aromatic N) is 2. The van der Waals surface area contributed by atoms with Crippen molar-refractivity contribution in [2.75, 3.05) is 16.8 Å². The van der Waals surface area contributed by atoms with Crippen molar-refractivity contribution in [2.45, 2.75) is 19.8 Å². The first-order chi connectivity index (χ1) is 10.3. The Kier molecular flexibility index (Phi) is 3.86. The number of rotatable bonds is 5. The molecular weight excluding hydrogens is 262 g/mol. The number of hydrogen-bond acceptors (Lipinski definition) is 3. The number of aromatic nitrogens is 1. The molecular formula is C17H19N3O. The van der Waals surface area contributed by atoms with Crippen LogP contribution in [0.2, 0.25) is 0 Å². The van der Waals surface area contributed by atoms with Gasteiger partial charge in [0.25, 0.3) is 0 Å². The van der Waals surface area contributed by atoms with Crippen molar-refractivity contribution in [3.05, 3.63) is 48.7 Å². The van der Waals surface area contributed by atoms with Gasteiger partial charge in [0.2, 0.25) is 5.91 Å². The van der Waals surface area contributed by atoms with E-state index in [0.29, 0.717) is 0 Å². The third-order valence-electron chi connectivity index (χ3n) is 3.62. The van der Waals surface area contributed by atoms with E-state index in [9.17, 15) is 4.79 Å². The van der Waals surface area contributed by atoms with Gasteiger partial charge in [0.15, 0.2) is 0 Å². The summed E-state index contributed by atoms with van der Waals surface area (Å²) in [7, 11) is 0. The Balaban J connectivity index is 1.74. The first-order valence-electron chi connectivity index (χ1n) is 7.37.